The van der Waals surface area contributed by atoms with Gasteiger partial charge in [-0.1, -0.05) is 61.9 Å². The van der Waals surface area contributed by atoms with Gasteiger partial charge in [-0.25, -0.2) is 13.2 Å². The Morgan fingerprint density at radius 3 is 1.72 bits per heavy atom. The zero-order valence-corrected chi connectivity index (χ0v) is 19.7. The second-order valence-corrected chi connectivity index (χ2v) is 8.65. The van der Waals surface area contributed by atoms with Gasteiger partial charge in [-0.05, 0) is 77.1 Å². The van der Waals surface area contributed by atoms with Gasteiger partial charge in [0.1, 0.15) is 23.2 Å². The number of halogens is 5. The van der Waals surface area contributed by atoms with E-state index in [1.165, 1.54) is 42.0 Å². The van der Waals surface area contributed by atoms with E-state index in [0.717, 1.165) is 42.7 Å². The van der Waals surface area contributed by atoms with Crippen LogP contribution < -0.4 is 4.74 Å². The summed E-state index contributed by atoms with van der Waals surface area (Å²) in [4.78, 5) is 0. The standard InChI is InChI=1S/C30H25F5O/c1-2-3-20-4-6-21(7-5-20)16-17-30(34,35)36-26-14-10-22(11-15-26)24-18-27(32)29(28(33)19-24)23-8-12-25(31)13-9-23/h4-15,18-19H,2-3,16-17H2,1H3. The Labute approximate surface area is 207 Å². The summed E-state index contributed by atoms with van der Waals surface area (Å²) in [7, 11) is 0. The second kappa shape index (κ2) is 10.9. The van der Waals surface area contributed by atoms with Gasteiger partial charge in [-0.2, -0.15) is 8.78 Å². The molecule has 0 heterocycles. The summed E-state index contributed by atoms with van der Waals surface area (Å²) < 4.78 is 76.3. The lowest BCUT2D eigenvalue weighted by molar-refractivity contribution is -0.180. The van der Waals surface area contributed by atoms with E-state index >= 15 is 0 Å². The molecule has 4 aromatic carbocycles. The summed E-state index contributed by atoms with van der Waals surface area (Å²) >= 11 is 0. The van der Waals surface area contributed by atoms with Crippen LogP contribution in [0.5, 0.6) is 5.75 Å². The fourth-order valence-electron chi connectivity index (χ4n) is 4.02. The van der Waals surface area contributed by atoms with Crippen LogP contribution in [-0.2, 0) is 12.8 Å². The van der Waals surface area contributed by atoms with Crippen molar-refractivity contribution in [1.82, 2.24) is 0 Å². The zero-order valence-electron chi connectivity index (χ0n) is 19.7. The van der Waals surface area contributed by atoms with Crippen molar-refractivity contribution < 1.29 is 26.7 Å². The van der Waals surface area contributed by atoms with Gasteiger partial charge in [0.25, 0.3) is 0 Å². The van der Waals surface area contributed by atoms with Gasteiger partial charge in [0.15, 0.2) is 0 Å². The smallest absolute Gasteiger partial charge is 0.398 e. The van der Waals surface area contributed by atoms with E-state index in [0.29, 0.717) is 5.56 Å². The zero-order chi connectivity index (χ0) is 25.7. The van der Waals surface area contributed by atoms with E-state index < -0.39 is 30.0 Å². The largest absolute Gasteiger partial charge is 0.433 e. The van der Waals surface area contributed by atoms with Crippen molar-refractivity contribution in [3.8, 4) is 28.0 Å². The van der Waals surface area contributed by atoms with Gasteiger partial charge >= 0.3 is 6.11 Å². The third-order valence-corrected chi connectivity index (χ3v) is 5.90. The molecule has 0 fully saturated rings. The van der Waals surface area contributed by atoms with Crippen molar-refractivity contribution in [3.63, 3.8) is 0 Å². The van der Waals surface area contributed by atoms with Crippen LogP contribution in [0, 0.1) is 17.5 Å². The van der Waals surface area contributed by atoms with Crippen molar-refractivity contribution in [2.75, 3.05) is 0 Å². The summed E-state index contributed by atoms with van der Waals surface area (Å²) in [6.45, 7) is 2.08. The molecule has 0 radical (unpaired) electrons. The van der Waals surface area contributed by atoms with E-state index in [1.54, 1.807) is 0 Å². The highest BCUT2D eigenvalue weighted by atomic mass is 19.3. The highest BCUT2D eigenvalue weighted by Gasteiger charge is 2.31. The predicted molar refractivity (Wildman–Crippen MR) is 132 cm³/mol. The topological polar surface area (TPSA) is 9.23 Å². The summed E-state index contributed by atoms with van der Waals surface area (Å²) in [5.74, 6) is -2.19. The minimum atomic E-state index is -3.38. The fraction of sp³-hybridized carbons (Fsp3) is 0.200. The average molecular weight is 497 g/mol. The van der Waals surface area contributed by atoms with Gasteiger partial charge in [0, 0.05) is 0 Å². The van der Waals surface area contributed by atoms with Gasteiger partial charge in [-0.3, -0.25) is 0 Å². The Kier molecular flexibility index (Phi) is 7.73. The molecule has 0 N–H and O–H groups in total. The number of aryl methyl sites for hydroxylation is 2. The lowest BCUT2D eigenvalue weighted by Crippen LogP contribution is -2.25. The molecule has 0 aliphatic carbocycles. The quantitative estimate of drug-likeness (QED) is 0.210. The normalized spacial score (nSPS) is 11.5. The molecule has 0 amide bonds. The molecule has 0 saturated carbocycles. The van der Waals surface area contributed by atoms with Crippen LogP contribution in [0.15, 0.2) is 84.9 Å². The van der Waals surface area contributed by atoms with Crippen LogP contribution in [0.2, 0.25) is 0 Å². The summed E-state index contributed by atoms with van der Waals surface area (Å²) in [6, 6.07) is 20.4. The maximum absolute atomic E-state index is 14.7. The summed E-state index contributed by atoms with van der Waals surface area (Å²) in [5, 5.41) is 0. The molecule has 4 rings (SSSR count). The molecule has 0 unspecified atom stereocenters. The highest BCUT2D eigenvalue weighted by molar-refractivity contribution is 5.72. The number of benzene rings is 4. The number of ether oxygens (including phenoxy) is 1. The van der Waals surface area contributed by atoms with Crippen LogP contribution in [0.25, 0.3) is 22.3 Å². The molecule has 0 aliphatic heterocycles. The van der Waals surface area contributed by atoms with Crippen molar-refractivity contribution >= 4 is 0 Å². The number of hydrogen-bond acceptors (Lipinski definition) is 1. The Bertz CT molecular complexity index is 1270. The van der Waals surface area contributed by atoms with Gasteiger partial charge < -0.3 is 4.74 Å². The van der Waals surface area contributed by atoms with Crippen molar-refractivity contribution in [3.05, 3.63) is 114 Å². The van der Waals surface area contributed by atoms with Crippen LogP contribution >= 0.6 is 0 Å². The number of rotatable bonds is 9. The Morgan fingerprint density at radius 1 is 0.639 bits per heavy atom. The monoisotopic (exact) mass is 496 g/mol. The number of alkyl halides is 2. The third-order valence-electron chi connectivity index (χ3n) is 5.90. The molecule has 0 bridgehead atoms. The van der Waals surface area contributed by atoms with Gasteiger partial charge in [0.05, 0.1) is 12.0 Å². The van der Waals surface area contributed by atoms with Crippen molar-refractivity contribution in [2.24, 2.45) is 0 Å². The lowest BCUT2D eigenvalue weighted by atomic mass is 9.99. The van der Waals surface area contributed by atoms with Gasteiger partial charge in [-0.15, -0.1) is 0 Å². The Balaban J connectivity index is 1.42. The first-order valence-corrected chi connectivity index (χ1v) is 11.7. The minimum absolute atomic E-state index is 0.0501. The molecule has 0 atom stereocenters. The molecule has 4 aromatic rings. The van der Waals surface area contributed by atoms with E-state index in [1.807, 2.05) is 24.3 Å². The van der Waals surface area contributed by atoms with Crippen molar-refractivity contribution in [2.45, 2.75) is 38.7 Å². The third kappa shape index (κ3) is 6.30. The van der Waals surface area contributed by atoms with E-state index in [2.05, 4.69) is 6.92 Å². The van der Waals surface area contributed by atoms with Crippen LogP contribution in [0.4, 0.5) is 22.0 Å². The second-order valence-electron chi connectivity index (χ2n) is 8.65. The first-order valence-electron chi connectivity index (χ1n) is 11.7. The number of hydrogen-bond donors (Lipinski definition) is 0. The highest BCUT2D eigenvalue weighted by Crippen LogP contribution is 2.33. The molecule has 36 heavy (non-hydrogen) atoms. The fourth-order valence-corrected chi connectivity index (χ4v) is 4.02. The maximum Gasteiger partial charge on any atom is 0.398 e. The summed E-state index contributed by atoms with van der Waals surface area (Å²) in [5.41, 5.74) is 2.59. The van der Waals surface area contributed by atoms with E-state index in [9.17, 15) is 22.0 Å². The molecule has 186 valence electrons. The average Bonchev–Trinajstić information content (AvgIpc) is 2.85. The predicted octanol–water partition coefficient (Wildman–Crippen LogP) is 8.99. The maximum atomic E-state index is 14.7. The van der Waals surface area contributed by atoms with Crippen molar-refractivity contribution in [1.29, 1.82) is 0 Å². The molecule has 1 nitrogen and oxygen atoms in total. The lowest BCUT2D eigenvalue weighted by Gasteiger charge is -2.18. The molecule has 0 aromatic heterocycles. The molecule has 0 aliphatic rings. The molecule has 0 spiro atoms. The summed E-state index contributed by atoms with van der Waals surface area (Å²) in [6.07, 6.45) is -1.72. The van der Waals surface area contributed by atoms with Crippen LogP contribution in [0.1, 0.15) is 30.9 Å². The first kappa shape index (κ1) is 25.4. The Morgan fingerprint density at radius 2 is 1.17 bits per heavy atom. The van der Waals surface area contributed by atoms with Crippen LogP contribution in [-0.4, -0.2) is 6.11 Å². The van der Waals surface area contributed by atoms with Gasteiger partial charge in [0.2, 0.25) is 0 Å². The Hall–Kier alpha value is -3.67. The van der Waals surface area contributed by atoms with E-state index in [-0.39, 0.29) is 28.9 Å². The van der Waals surface area contributed by atoms with E-state index in [4.69, 9.17) is 4.74 Å². The first-order chi connectivity index (χ1) is 17.2. The molecular formula is C30H25F5O. The molecule has 6 heteroatoms. The molecular weight excluding hydrogens is 471 g/mol. The minimum Gasteiger partial charge on any atom is -0.433 e. The van der Waals surface area contributed by atoms with Crippen LogP contribution in [0.3, 0.4) is 0 Å². The molecule has 0 saturated heterocycles. The SMILES string of the molecule is CCCc1ccc(CCC(F)(F)Oc2ccc(-c3cc(F)c(-c4ccc(F)cc4)c(F)c3)cc2)cc1.